The molecule has 3 aromatic carbocycles. The average Bonchev–Trinajstić information content (AvgIpc) is 3.33. The Bertz CT molecular complexity index is 1340. The highest BCUT2D eigenvalue weighted by Crippen LogP contribution is 2.21. The van der Waals surface area contributed by atoms with Crippen molar-refractivity contribution in [3.8, 4) is 0 Å². The van der Waals surface area contributed by atoms with E-state index < -0.39 is 0 Å². The van der Waals surface area contributed by atoms with Crippen LogP contribution in [0.1, 0.15) is 34.3 Å². The number of anilines is 1. The lowest BCUT2D eigenvalue weighted by Crippen LogP contribution is -2.38. The van der Waals surface area contributed by atoms with Gasteiger partial charge in [-0.05, 0) is 47.7 Å². The first-order valence-corrected chi connectivity index (χ1v) is 12.5. The summed E-state index contributed by atoms with van der Waals surface area (Å²) in [6.07, 6.45) is 4.09. The molecule has 2 heterocycles. The minimum absolute atomic E-state index is 0.0771. The third kappa shape index (κ3) is 5.47. The molecule has 7 nitrogen and oxygen atoms in total. The number of rotatable bonds is 8. The molecule has 0 radical (unpaired) electrons. The molecule has 5 rings (SSSR count). The summed E-state index contributed by atoms with van der Waals surface area (Å²) in [5.74, 6) is -0.00234. The number of aryl methyl sites for hydroxylation is 2. The molecule has 2 amide bonds. The highest BCUT2D eigenvalue weighted by atomic mass is 16.2. The van der Waals surface area contributed by atoms with Gasteiger partial charge in [0.05, 0.1) is 12.1 Å². The topological polar surface area (TPSA) is 88.1 Å². The van der Waals surface area contributed by atoms with Gasteiger partial charge in [0.25, 0.3) is 5.91 Å². The Labute approximate surface area is 210 Å². The van der Waals surface area contributed by atoms with Crippen LogP contribution in [0, 0.1) is 5.92 Å². The Kier molecular flexibility index (Phi) is 7.38. The van der Waals surface area contributed by atoms with Crippen molar-refractivity contribution in [2.45, 2.75) is 32.4 Å². The van der Waals surface area contributed by atoms with Gasteiger partial charge in [-0.3, -0.25) is 9.59 Å². The van der Waals surface area contributed by atoms with Crippen LogP contribution in [0.5, 0.6) is 0 Å². The molecule has 1 fully saturated rings. The van der Waals surface area contributed by atoms with Crippen LogP contribution in [-0.2, 0) is 24.3 Å². The molecule has 3 N–H and O–H groups in total. The van der Waals surface area contributed by atoms with Gasteiger partial charge in [-0.25, -0.2) is 4.68 Å². The van der Waals surface area contributed by atoms with E-state index in [1.807, 2.05) is 42.5 Å². The molecule has 4 aromatic rings. The van der Waals surface area contributed by atoms with E-state index in [4.69, 9.17) is 0 Å². The quantitative estimate of drug-likeness (QED) is 0.353. The molecule has 0 aliphatic carbocycles. The molecule has 184 valence electrons. The van der Waals surface area contributed by atoms with E-state index in [9.17, 15) is 9.59 Å². The molecular formula is C29H31N5O2. The number of hydrogen-bond donors (Lipinski definition) is 3. The number of nitrogens with zero attached hydrogens (tertiary/aromatic N) is 2. The summed E-state index contributed by atoms with van der Waals surface area (Å²) < 4.78 is 1.73. The van der Waals surface area contributed by atoms with Crippen LogP contribution in [-0.4, -0.2) is 34.7 Å². The lowest BCUT2D eigenvalue weighted by atomic mass is 9.99. The molecule has 1 aliphatic heterocycles. The van der Waals surface area contributed by atoms with Gasteiger partial charge >= 0.3 is 0 Å². The highest BCUT2D eigenvalue weighted by molar-refractivity contribution is 6.03. The number of piperidine rings is 1. The Balaban J connectivity index is 1.35. The van der Waals surface area contributed by atoms with Crippen molar-refractivity contribution >= 4 is 28.4 Å². The van der Waals surface area contributed by atoms with Gasteiger partial charge in [-0.2, -0.15) is 5.10 Å². The van der Waals surface area contributed by atoms with Crippen LogP contribution in [0.4, 0.5) is 5.82 Å². The minimum Gasteiger partial charge on any atom is -0.348 e. The summed E-state index contributed by atoms with van der Waals surface area (Å²) in [5, 5.41) is 16.1. The lowest BCUT2D eigenvalue weighted by molar-refractivity contribution is -0.120. The van der Waals surface area contributed by atoms with E-state index in [2.05, 4.69) is 51.4 Å². The molecule has 7 heteroatoms. The Morgan fingerprint density at radius 1 is 1.00 bits per heavy atom. The lowest BCUT2D eigenvalue weighted by Gasteiger charge is -2.22. The summed E-state index contributed by atoms with van der Waals surface area (Å²) in [5.41, 5.74) is 2.58. The summed E-state index contributed by atoms with van der Waals surface area (Å²) >= 11 is 0. The van der Waals surface area contributed by atoms with E-state index in [1.54, 1.807) is 10.9 Å². The Morgan fingerprint density at radius 3 is 2.64 bits per heavy atom. The second-order valence-electron chi connectivity index (χ2n) is 9.22. The number of fused-ring (bicyclic) bond motifs is 1. The zero-order valence-corrected chi connectivity index (χ0v) is 20.2. The summed E-state index contributed by atoms with van der Waals surface area (Å²) in [6, 6.07) is 24.3. The zero-order chi connectivity index (χ0) is 24.7. The second-order valence-corrected chi connectivity index (χ2v) is 9.22. The van der Waals surface area contributed by atoms with Crippen LogP contribution in [0.2, 0.25) is 0 Å². The predicted octanol–water partition coefficient (Wildman–Crippen LogP) is 4.15. The SMILES string of the molecule is O=C(NCc1cccc2ccccc12)c1cnn(CCc2ccccc2)c1NC(=O)C1CCCNC1. The van der Waals surface area contributed by atoms with Crippen molar-refractivity contribution in [1.82, 2.24) is 20.4 Å². The van der Waals surface area contributed by atoms with Gasteiger partial charge in [0, 0.05) is 19.6 Å². The maximum Gasteiger partial charge on any atom is 0.256 e. The van der Waals surface area contributed by atoms with Crippen LogP contribution in [0.15, 0.2) is 79.0 Å². The van der Waals surface area contributed by atoms with E-state index in [-0.39, 0.29) is 17.7 Å². The normalized spacial score (nSPS) is 15.5. The van der Waals surface area contributed by atoms with Crippen molar-refractivity contribution in [1.29, 1.82) is 0 Å². The number of benzene rings is 3. The highest BCUT2D eigenvalue weighted by Gasteiger charge is 2.25. The van der Waals surface area contributed by atoms with Crippen LogP contribution in [0.25, 0.3) is 10.8 Å². The van der Waals surface area contributed by atoms with Gasteiger partial charge in [-0.1, -0.05) is 72.8 Å². The smallest absolute Gasteiger partial charge is 0.256 e. The first-order valence-electron chi connectivity index (χ1n) is 12.5. The first kappa shape index (κ1) is 23.8. The molecule has 0 saturated carbocycles. The van der Waals surface area contributed by atoms with E-state index in [0.717, 1.165) is 42.1 Å². The Hall–Kier alpha value is -3.97. The Morgan fingerprint density at radius 2 is 1.81 bits per heavy atom. The largest absolute Gasteiger partial charge is 0.348 e. The first-order chi connectivity index (χ1) is 17.7. The summed E-state index contributed by atoms with van der Waals surface area (Å²) in [4.78, 5) is 26.4. The fraction of sp³-hybridized carbons (Fsp3) is 0.276. The molecule has 1 aromatic heterocycles. The molecular weight excluding hydrogens is 450 g/mol. The van der Waals surface area contributed by atoms with E-state index in [1.165, 1.54) is 5.56 Å². The second kappa shape index (κ2) is 11.2. The fourth-order valence-electron chi connectivity index (χ4n) is 4.74. The number of amides is 2. The van der Waals surface area contributed by atoms with Crippen LogP contribution < -0.4 is 16.0 Å². The van der Waals surface area contributed by atoms with Crippen LogP contribution >= 0.6 is 0 Å². The van der Waals surface area contributed by atoms with Crippen molar-refractivity contribution in [2.24, 2.45) is 5.92 Å². The third-order valence-electron chi connectivity index (χ3n) is 6.77. The number of nitrogens with one attached hydrogen (secondary N) is 3. The molecule has 0 spiro atoms. The van der Waals surface area contributed by atoms with Gasteiger partial charge < -0.3 is 16.0 Å². The molecule has 1 unspecified atom stereocenters. The monoisotopic (exact) mass is 481 g/mol. The van der Waals surface area contributed by atoms with E-state index >= 15 is 0 Å². The maximum absolute atomic E-state index is 13.3. The van der Waals surface area contributed by atoms with Gasteiger partial charge in [-0.15, -0.1) is 0 Å². The zero-order valence-electron chi connectivity index (χ0n) is 20.2. The van der Waals surface area contributed by atoms with Crippen molar-refractivity contribution in [3.63, 3.8) is 0 Å². The molecule has 0 bridgehead atoms. The fourth-order valence-corrected chi connectivity index (χ4v) is 4.74. The van der Waals surface area contributed by atoms with E-state index in [0.29, 0.717) is 31.0 Å². The van der Waals surface area contributed by atoms with Crippen molar-refractivity contribution in [3.05, 3.63) is 95.7 Å². The third-order valence-corrected chi connectivity index (χ3v) is 6.77. The average molecular weight is 482 g/mol. The van der Waals surface area contributed by atoms with Crippen LogP contribution in [0.3, 0.4) is 0 Å². The van der Waals surface area contributed by atoms with Gasteiger partial charge in [0.1, 0.15) is 11.4 Å². The molecule has 36 heavy (non-hydrogen) atoms. The molecule has 1 atom stereocenters. The number of carbonyl (C=O) groups excluding carboxylic acids is 2. The summed E-state index contributed by atoms with van der Waals surface area (Å²) in [7, 11) is 0. The van der Waals surface area contributed by atoms with Gasteiger partial charge in [0.2, 0.25) is 5.91 Å². The van der Waals surface area contributed by atoms with Crippen molar-refractivity contribution in [2.75, 3.05) is 18.4 Å². The van der Waals surface area contributed by atoms with Gasteiger partial charge in [0.15, 0.2) is 0 Å². The number of carbonyl (C=O) groups is 2. The predicted molar refractivity (Wildman–Crippen MR) is 142 cm³/mol. The molecule has 1 saturated heterocycles. The minimum atomic E-state index is -0.258. The maximum atomic E-state index is 13.3. The number of hydrogen-bond acceptors (Lipinski definition) is 4. The molecule has 1 aliphatic rings. The van der Waals surface area contributed by atoms with Crippen molar-refractivity contribution < 1.29 is 9.59 Å². The number of aromatic nitrogens is 2. The summed E-state index contributed by atoms with van der Waals surface area (Å²) in [6.45, 7) is 2.52. The standard InChI is InChI=1S/C29H31N5O2/c35-28(24-13-7-16-30-18-24)33-27-26(20-32-34(27)17-15-21-8-2-1-3-9-21)29(36)31-19-23-12-6-11-22-10-4-5-14-25(22)23/h1-6,8-12,14,20,24,30H,7,13,15-19H2,(H,31,36)(H,33,35).